The first-order valence-electron chi connectivity index (χ1n) is 12.4. The van der Waals surface area contributed by atoms with Crippen LogP contribution in [0.25, 0.3) is 0 Å². The summed E-state index contributed by atoms with van der Waals surface area (Å²) >= 11 is 0. The average Bonchev–Trinajstić information content (AvgIpc) is 3.18. The van der Waals surface area contributed by atoms with Crippen LogP contribution in [-0.2, 0) is 36.4 Å². The van der Waals surface area contributed by atoms with E-state index < -0.39 is 69.8 Å². The second-order valence-electron chi connectivity index (χ2n) is 10.2. The van der Waals surface area contributed by atoms with Gasteiger partial charge in [0.15, 0.2) is 0 Å². The maximum Gasteiger partial charge on any atom is 0.430 e. The minimum absolute atomic E-state index is 0.0747. The average molecular weight is 609 g/mol. The fourth-order valence-corrected chi connectivity index (χ4v) is 6.66. The van der Waals surface area contributed by atoms with Crippen LogP contribution in [0.2, 0.25) is 0 Å². The quantitative estimate of drug-likeness (QED) is 0.380. The molecule has 4 rings (SSSR count). The molecule has 1 saturated heterocycles. The SMILES string of the molecule is Cc1ccc(S(=O)(=O)N2c3ccc(C(O)(C(F)(F)F)C(F)(F)F)cc3CC[C@H]2CC(=O)N[C@@H]2COC(=O)C2C)cc1. The van der Waals surface area contributed by atoms with Crippen molar-refractivity contribution in [3.63, 3.8) is 0 Å². The summed E-state index contributed by atoms with van der Waals surface area (Å²) in [5.41, 5.74) is -6.39. The third kappa shape index (κ3) is 5.48. The van der Waals surface area contributed by atoms with Crippen LogP contribution in [0.15, 0.2) is 47.4 Å². The molecule has 1 amide bonds. The standard InChI is InChI=1S/C26H26F6N2O6S/c1-14-3-8-19(9-4-14)41(38,39)34-18(12-22(35)33-20-13-40-23(36)15(20)2)7-5-16-11-17(6-10-21(16)34)24(37,25(27,28)29)26(30,31)32/h3-4,6,8-11,15,18,20,37H,5,7,12-13H2,1-2H3,(H,33,35)/t15?,18-,20+/m0/s1. The molecule has 15 heteroatoms. The molecule has 8 nitrogen and oxygen atoms in total. The molecule has 2 aliphatic rings. The molecule has 0 bridgehead atoms. The smallest absolute Gasteiger partial charge is 0.430 e. The van der Waals surface area contributed by atoms with E-state index in [4.69, 9.17) is 4.74 Å². The lowest BCUT2D eigenvalue weighted by atomic mass is 9.87. The van der Waals surface area contributed by atoms with Gasteiger partial charge in [-0.05, 0) is 50.5 Å². The molecule has 224 valence electrons. The van der Waals surface area contributed by atoms with Gasteiger partial charge in [0.25, 0.3) is 15.6 Å². The van der Waals surface area contributed by atoms with Crippen LogP contribution in [0.5, 0.6) is 0 Å². The van der Waals surface area contributed by atoms with E-state index >= 15 is 0 Å². The molecular weight excluding hydrogens is 582 g/mol. The second-order valence-corrected chi connectivity index (χ2v) is 12.0. The molecule has 2 N–H and O–H groups in total. The number of benzene rings is 2. The van der Waals surface area contributed by atoms with Crippen LogP contribution in [0.4, 0.5) is 32.0 Å². The first-order chi connectivity index (χ1) is 18.9. The third-order valence-corrected chi connectivity index (χ3v) is 9.24. The lowest BCUT2D eigenvalue weighted by molar-refractivity contribution is -0.376. The van der Waals surface area contributed by atoms with Crippen molar-refractivity contribution < 1.29 is 54.2 Å². The van der Waals surface area contributed by atoms with E-state index in [0.29, 0.717) is 12.1 Å². The van der Waals surface area contributed by atoms with Crippen LogP contribution in [0.1, 0.15) is 36.5 Å². The van der Waals surface area contributed by atoms with Crippen LogP contribution in [0, 0.1) is 12.8 Å². The lowest BCUT2D eigenvalue weighted by Gasteiger charge is -2.39. The number of carbonyl (C=O) groups is 2. The maximum atomic E-state index is 13.8. The topological polar surface area (TPSA) is 113 Å². The highest BCUT2D eigenvalue weighted by molar-refractivity contribution is 7.92. The highest BCUT2D eigenvalue weighted by Gasteiger charge is 2.71. The van der Waals surface area contributed by atoms with Crippen molar-refractivity contribution in [2.75, 3.05) is 10.9 Å². The predicted molar refractivity (Wildman–Crippen MR) is 132 cm³/mol. The van der Waals surface area contributed by atoms with Crippen molar-refractivity contribution in [1.82, 2.24) is 5.32 Å². The van der Waals surface area contributed by atoms with Crippen molar-refractivity contribution >= 4 is 27.6 Å². The number of carbonyl (C=O) groups excluding carboxylic acids is 2. The van der Waals surface area contributed by atoms with Crippen LogP contribution < -0.4 is 9.62 Å². The second kappa shape index (κ2) is 10.5. The molecule has 1 fully saturated rings. The summed E-state index contributed by atoms with van der Waals surface area (Å²) in [4.78, 5) is 24.4. The fourth-order valence-electron chi connectivity index (χ4n) is 4.94. The van der Waals surface area contributed by atoms with E-state index in [2.05, 4.69) is 5.32 Å². The first-order valence-corrected chi connectivity index (χ1v) is 13.9. The number of sulfonamides is 1. The summed E-state index contributed by atoms with van der Waals surface area (Å²) in [5.74, 6) is -1.78. The monoisotopic (exact) mass is 608 g/mol. The number of alkyl halides is 6. The van der Waals surface area contributed by atoms with Gasteiger partial charge in [-0.2, -0.15) is 26.3 Å². The molecule has 41 heavy (non-hydrogen) atoms. The normalized spacial score (nSPS) is 21.8. The number of aliphatic hydroxyl groups is 1. The Balaban J connectivity index is 1.76. The predicted octanol–water partition coefficient (Wildman–Crippen LogP) is 3.89. The van der Waals surface area contributed by atoms with Gasteiger partial charge < -0.3 is 15.2 Å². The molecule has 3 atom stereocenters. The van der Waals surface area contributed by atoms with Gasteiger partial charge in [0.1, 0.15) is 6.61 Å². The molecule has 2 heterocycles. The van der Waals surface area contributed by atoms with Gasteiger partial charge in [-0.15, -0.1) is 0 Å². The number of amides is 1. The minimum Gasteiger partial charge on any atom is -0.463 e. The van der Waals surface area contributed by atoms with E-state index in [1.54, 1.807) is 13.8 Å². The Hall–Kier alpha value is -3.33. The summed E-state index contributed by atoms with van der Waals surface area (Å²) in [5, 5.41) is 12.5. The van der Waals surface area contributed by atoms with Gasteiger partial charge >= 0.3 is 18.3 Å². The van der Waals surface area contributed by atoms with Crippen LogP contribution >= 0.6 is 0 Å². The Morgan fingerprint density at radius 3 is 2.22 bits per heavy atom. The molecule has 0 aromatic heterocycles. The van der Waals surface area contributed by atoms with Gasteiger partial charge in [-0.25, -0.2) is 8.42 Å². The summed E-state index contributed by atoms with van der Waals surface area (Å²) in [6.07, 6.45) is -13.0. The molecule has 0 spiro atoms. The van der Waals surface area contributed by atoms with E-state index in [1.807, 2.05) is 0 Å². The van der Waals surface area contributed by atoms with Gasteiger partial charge in [0.2, 0.25) is 5.91 Å². The number of nitrogens with one attached hydrogen (secondary N) is 1. The molecule has 2 aromatic rings. The van der Waals surface area contributed by atoms with E-state index in [1.165, 1.54) is 24.3 Å². The van der Waals surface area contributed by atoms with Gasteiger partial charge in [0.05, 0.1) is 28.6 Å². The zero-order chi connectivity index (χ0) is 30.5. The largest absolute Gasteiger partial charge is 0.463 e. The third-order valence-electron chi connectivity index (χ3n) is 7.36. The number of anilines is 1. The first kappa shape index (κ1) is 30.6. The molecule has 0 aliphatic carbocycles. The number of hydrogen-bond donors (Lipinski definition) is 2. The van der Waals surface area contributed by atoms with E-state index in [-0.39, 0.29) is 35.6 Å². The van der Waals surface area contributed by atoms with Crippen molar-refractivity contribution in [1.29, 1.82) is 0 Å². The minimum atomic E-state index is -6.12. The summed E-state index contributed by atoms with van der Waals surface area (Å²) in [6.45, 7) is 3.18. The molecule has 0 saturated carbocycles. The number of aryl methyl sites for hydroxylation is 2. The Morgan fingerprint density at radius 1 is 1.07 bits per heavy atom. The number of hydrogen-bond acceptors (Lipinski definition) is 6. The Morgan fingerprint density at radius 2 is 1.68 bits per heavy atom. The van der Waals surface area contributed by atoms with Gasteiger partial charge in [0, 0.05) is 12.0 Å². The van der Waals surface area contributed by atoms with Crippen molar-refractivity contribution in [2.24, 2.45) is 5.92 Å². The summed E-state index contributed by atoms with van der Waals surface area (Å²) in [7, 11) is -4.47. The van der Waals surface area contributed by atoms with E-state index in [9.17, 15) is 49.5 Å². The molecule has 2 aromatic carbocycles. The van der Waals surface area contributed by atoms with Crippen molar-refractivity contribution in [2.45, 2.75) is 68.0 Å². The molecule has 2 aliphatic heterocycles. The molecule has 0 radical (unpaired) electrons. The number of cyclic esters (lactones) is 1. The number of fused-ring (bicyclic) bond motifs is 1. The Labute approximate surface area is 231 Å². The highest BCUT2D eigenvalue weighted by atomic mass is 32.2. The molecule has 1 unspecified atom stereocenters. The zero-order valence-corrected chi connectivity index (χ0v) is 22.5. The molecular formula is C26H26F6N2O6S. The van der Waals surface area contributed by atoms with Crippen LogP contribution in [0.3, 0.4) is 0 Å². The number of nitrogens with zero attached hydrogens (tertiary/aromatic N) is 1. The highest BCUT2D eigenvalue weighted by Crippen LogP contribution is 2.51. The van der Waals surface area contributed by atoms with Crippen molar-refractivity contribution in [3.05, 3.63) is 59.2 Å². The Kier molecular flexibility index (Phi) is 7.84. The van der Waals surface area contributed by atoms with Gasteiger partial charge in [-0.3, -0.25) is 13.9 Å². The van der Waals surface area contributed by atoms with E-state index in [0.717, 1.165) is 15.9 Å². The number of ether oxygens (including phenoxy) is 1. The van der Waals surface area contributed by atoms with Gasteiger partial charge in [-0.1, -0.05) is 29.8 Å². The number of rotatable bonds is 6. The number of halogens is 6. The fraction of sp³-hybridized carbons (Fsp3) is 0.462. The lowest BCUT2D eigenvalue weighted by Crippen LogP contribution is -2.54. The van der Waals surface area contributed by atoms with Crippen LogP contribution in [-0.4, -0.2) is 56.4 Å². The maximum absolute atomic E-state index is 13.8. The number of esters is 1. The zero-order valence-electron chi connectivity index (χ0n) is 21.7. The Bertz CT molecular complexity index is 1430. The summed E-state index contributed by atoms with van der Waals surface area (Å²) < 4.78 is 114. The van der Waals surface area contributed by atoms with Crippen molar-refractivity contribution in [3.8, 4) is 0 Å². The summed E-state index contributed by atoms with van der Waals surface area (Å²) in [6, 6.07) is 5.52.